The van der Waals surface area contributed by atoms with E-state index in [-0.39, 0.29) is 87.9 Å². The number of fused-ring (bicyclic) bond motifs is 2. The van der Waals surface area contributed by atoms with Crippen molar-refractivity contribution in [3.8, 4) is 17.6 Å². The van der Waals surface area contributed by atoms with Gasteiger partial charge in [0.1, 0.15) is 48.4 Å². The van der Waals surface area contributed by atoms with Gasteiger partial charge in [0.25, 0.3) is 5.91 Å². The number of benzene rings is 2. The normalized spacial score (nSPS) is 25.5. The van der Waals surface area contributed by atoms with Crippen molar-refractivity contribution in [2.24, 2.45) is 5.92 Å². The Morgan fingerprint density at radius 2 is 1.68 bits per heavy atom. The topological polar surface area (TPSA) is 197 Å². The lowest BCUT2D eigenvalue weighted by Gasteiger charge is -2.36. The average Bonchev–Trinajstić information content (AvgIpc) is 3.93. The fourth-order valence-corrected chi connectivity index (χ4v) is 9.08. The number of rotatable bonds is 12. The minimum Gasteiger partial charge on any atom is -0.491 e. The van der Waals surface area contributed by atoms with Crippen molar-refractivity contribution in [1.29, 1.82) is 5.26 Å². The molecule has 7 rings (SSSR count). The number of piperidine rings is 1. The molecule has 5 heterocycles. The Morgan fingerprint density at radius 1 is 0.917 bits per heavy atom. The Bertz CT molecular complexity index is 2030. The van der Waals surface area contributed by atoms with Crippen LogP contribution in [0.3, 0.4) is 0 Å². The number of nitriles is 1. The Morgan fingerprint density at radius 3 is 2.45 bits per heavy atom. The summed E-state index contributed by atoms with van der Waals surface area (Å²) >= 11 is 0. The van der Waals surface area contributed by atoms with Crippen LogP contribution in [0.25, 0.3) is 0 Å². The second kappa shape index (κ2) is 18.3. The molecule has 2 unspecified atom stereocenters. The minimum atomic E-state index is -0.777. The van der Waals surface area contributed by atoms with Gasteiger partial charge < -0.3 is 39.0 Å². The smallest absolute Gasteiger partial charge is 0.408 e. The van der Waals surface area contributed by atoms with Gasteiger partial charge in [0.2, 0.25) is 23.6 Å². The van der Waals surface area contributed by atoms with Crippen molar-refractivity contribution in [3.05, 3.63) is 59.2 Å². The van der Waals surface area contributed by atoms with Crippen LogP contribution in [-0.4, -0.2) is 120 Å². The van der Waals surface area contributed by atoms with Gasteiger partial charge in [-0.3, -0.25) is 29.3 Å². The van der Waals surface area contributed by atoms with Crippen LogP contribution in [0.1, 0.15) is 99.5 Å². The highest BCUT2D eigenvalue weighted by Gasteiger charge is 2.48. The monoisotopic (exact) mass is 826 g/mol. The SMILES string of the molecule is CC(C)(C)OC(=O)N[C@H]1CCCC[C@H]2CC[C@@H](C(=O)N3CC(c4cccc(OCCOCCOc5cccc6c5CN(C5CCC(=O)NC5=O)C6=O)c4)[C@H](C#N)C3)N2C1=O. The molecule has 4 saturated heterocycles. The zero-order chi connectivity index (χ0) is 42.6. The van der Waals surface area contributed by atoms with E-state index in [0.29, 0.717) is 48.4 Å². The largest absolute Gasteiger partial charge is 0.491 e. The van der Waals surface area contributed by atoms with Crippen molar-refractivity contribution in [3.63, 3.8) is 0 Å². The molecular weight excluding hydrogens is 773 g/mol. The zero-order valence-electron chi connectivity index (χ0n) is 34.5. The van der Waals surface area contributed by atoms with E-state index < -0.39 is 41.6 Å². The van der Waals surface area contributed by atoms with Gasteiger partial charge in [0.05, 0.1) is 31.7 Å². The quantitative estimate of drug-likeness (QED) is 0.233. The predicted octanol–water partition coefficient (Wildman–Crippen LogP) is 3.81. The summed E-state index contributed by atoms with van der Waals surface area (Å²) < 4.78 is 23.2. The number of carbonyl (C=O) groups excluding carboxylic acids is 6. The van der Waals surface area contributed by atoms with E-state index in [1.165, 1.54) is 4.90 Å². The molecule has 0 aromatic heterocycles. The maximum absolute atomic E-state index is 14.2. The molecule has 2 aromatic carbocycles. The average molecular weight is 827 g/mol. The first kappa shape index (κ1) is 42.4. The summed E-state index contributed by atoms with van der Waals surface area (Å²) in [5.41, 5.74) is 1.33. The Labute approximate surface area is 349 Å². The van der Waals surface area contributed by atoms with Crippen molar-refractivity contribution >= 4 is 35.6 Å². The van der Waals surface area contributed by atoms with Gasteiger partial charge in [-0.05, 0) is 82.7 Å². The molecular formula is C44H54N6O10. The number of likely N-dealkylation sites (tertiary alicyclic amines) is 1. The van der Waals surface area contributed by atoms with Gasteiger partial charge in [0, 0.05) is 42.6 Å². The maximum Gasteiger partial charge on any atom is 0.408 e. The van der Waals surface area contributed by atoms with Crippen LogP contribution in [0.2, 0.25) is 0 Å². The summed E-state index contributed by atoms with van der Waals surface area (Å²) in [6.45, 7) is 7.12. The van der Waals surface area contributed by atoms with E-state index >= 15 is 0 Å². The van der Waals surface area contributed by atoms with Crippen LogP contribution >= 0.6 is 0 Å². The summed E-state index contributed by atoms with van der Waals surface area (Å²) in [5, 5.41) is 15.3. The Hall–Kier alpha value is -5.69. The third-order valence-electron chi connectivity index (χ3n) is 11.9. The molecule has 2 aromatic rings. The van der Waals surface area contributed by atoms with Gasteiger partial charge in [-0.2, -0.15) is 5.26 Å². The van der Waals surface area contributed by atoms with Crippen molar-refractivity contribution in [2.45, 2.75) is 114 Å². The van der Waals surface area contributed by atoms with Crippen LogP contribution in [0, 0.1) is 17.2 Å². The van der Waals surface area contributed by atoms with E-state index in [4.69, 9.17) is 18.9 Å². The molecule has 6 atom stereocenters. The van der Waals surface area contributed by atoms with Crippen molar-refractivity contribution in [1.82, 2.24) is 25.3 Å². The number of hydrogen-bond donors (Lipinski definition) is 2. The van der Waals surface area contributed by atoms with Gasteiger partial charge in [0.15, 0.2) is 0 Å². The van der Waals surface area contributed by atoms with Gasteiger partial charge >= 0.3 is 6.09 Å². The number of ether oxygens (including phenoxy) is 4. The first-order chi connectivity index (χ1) is 28.8. The number of carbonyl (C=O) groups is 6. The third-order valence-corrected chi connectivity index (χ3v) is 11.9. The standard InChI is InChI=1S/C44H54N6O10/c1-44(2,3)60-43(56)46-34-12-5-4-9-29-14-15-36(50(29)41(34)54)42(55)48-24-28(23-45)32(25-48)27-8-6-10-30(22-27)58-20-18-57-19-21-59-37-13-7-11-31-33(37)26-49(40(31)53)35-16-17-38(51)47-39(35)52/h6-8,10-11,13,22,28-29,32,34-36H,4-5,9,12,14-21,24-26H2,1-3H3,(H,46,56)(H,47,51,52)/t28-,29+,32?,34+,35?,36+/m1/s1. The Balaban J connectivity index is 0.884. The second-order valence-corrected chi connectivity index (χ2v) is 17.1. The molecule has 6 amide bonds. The lowest BCUT2D eigenvalue weighted by atomic mass is 9.90. The maximum atomic E-state index is 14.2. The van der Waals surface area contributed by atoms with Crippen molar-refractivity contribution < 1.29 is 47.7 Å². The highest BCUT2D eigenvalue weighted by atomic mass is 16.6. The molecule has 0 radical (unpaired) electrons. The van der Waals surface area contributed by atoms with Crippen LogP contribution in [-0.2, 0) is 35.2 Å². The summed E-state index contributed by atoms with van der Waals surface area (Å²) in [6.07, 6.45) is 4.00. The lowest BCUT2D eigenvalue weighted by molar-refractivity contribution is -0.146. The number of amides is 6. The predicted molar refractivity (Wildman–Crippen MR) is 214 cm³/mol. The highest BCUT2D eigenvalue weighted by Crippen LogP contribution is 2.38. The molecule has 2 N–H and O–H groups in total. The summed E-state index contributed by atoms with van der Waals surface area (Å²) in [6, 6.07) is 12.9. The fraction of sp³-hybridized carbons (Fsp3) is 0.568. The second-order valence-electron chi connectivity index (χ2n) is 17.1. The van der Waals surface area contributed by atoms with E-state index in [1.807, 2.05) is 24.3 Å². The highest BCUT2D eigenvalue weighted by molar-refractivity contribution is 6.05. The molecule has 5 aliphatic heterocycles. The van der Waals surface area contributed by atoms with E-state index in [9.17, 15) is 34.0 Å². The van der Waals surface area contributed by atoms with Crippen LogP contribution < -0.4 is 20.1 Å². The molecule has 4 fully saturated rings. The molecule has 0 spiro atoms. The molecule has 5 aliphatic rings. The molecule has 0 aliphatic carbocycles. The molecule has 320 valence electrons. The van der Waals surface area contributed by atoms with Crippen molar-refractivity contribution in [2.75, 3.05) is 39.5 Å². The van der Waals surface area contributed by atoms with E-state index in [1.54, 1.807) is 48.8 Å². The fourth-order valence-electron chi connectivity index (χ4n) is 9.08. The van der Waals surface area contributed by atoms with Gasteiger partial charge in [-0.15, -0.1) is 0 Å². The lowest BCUT2D eigenvalue weighted by Crippen LogP contribution is -2.57. The number of hydrogen-bond acceptors (Lipinski definition) is 11. The number of alkyl carbamates (subject to hydrolysis) is 1. The molecule has 16 heteroatoms. The summed E-state index contributed by atoms with van der Waals surface area (Å²) in [4.78, 5) is 82.8. The van der Waals surface area contributed by atoms with Crippen LogP contribution in [0.5, 0.6) is 11.5 Å². The van der Waals surface area contributed by atoms with E-state index in [2.05, 4.69) is 16.7 Å². The number of imide groups is 1. The number of nitrogens with one attached hydrogen (secondary N) is 2. The first-order valence-corrected chi connectivity index (χ1v) is 21.0. The molecule has 0 saturated carbocycles. The molecule has 60 heavy (non-hydrogen) atoms. The molecule has 16 nitrogen and oxygen atoms in total. The third kappa shape index (κ3) is 9.51. The number of nitrogens with zero attached hydrogens (tertiary/aromatic N) is 4. The molecule has 0 bridgehead atoms. The van der Waals surface area contributed by atoms with E-state index in [0.717, 1.165) is 24.8 Å². The summed E-state index contributed by atoms with van der Waals surface area (Å²) in [7, 11) is 0. The zero-order valence-corrected chi connectivity index (χ0v) is 34.5. The van der Waals surface area contributed by atoms with Gasteiger partial charge in [-0.1, -0.05) is 31.0 Å². The van der Waals surface area contributed by atoms with Crippen LogP contribution in [0.4, 0.5) is 4.79 Å². The van der Waals surface area contributed by atoms with Gasteiger partial charge in [-0.25, -0.2) is 4.79 Å². The Kier molecular flexibility index (Phi) is 12.9. The minimum absolute atomic E-state index is 0.0818. The summed E-state index contributed by atoms with van der Waals surface area (Å²) in [5.74, 6) is -1.04. The first-order valence-electron chi connectivity index (χ1n) is 21.0. The van der Waals surface area contributed by atoms with Crippen LogP contribution in [0.15, 0.2) is 42.5 Å².